The normalized spacial score (nSPS) is 20.3. The molecule has 0 saturated carbocycles. The van der Waals surface area contributed by atoms with Crippen molar-refractivity contribution in [2.24, 2.45) is 7.05 Å². The molecule has 39 heavy (non-hydrogen) atoms. The number of benzene rings is 1. The van der Waals surface area contributed by atoms with Crippen molar-refractivity contribution in [3.05, 3.63) is 51.7 Å². The Morgan fingerprint density at radius 3 is 2.56 bits per heavy atom. The molecule has 3 aliphatic rings. The topological polar surface area (TPSA) is 80.1 Å². The molecule has 3 aliphatic heterocycles. The number of nitrogens with zero attached hydrogens (tertiary/aromatic N) is 5. The Kier molecular flexibility index (Phi) is 6.13. The number of ether oxygens (including phenoxy) is 2. The van der Waals surface area contributed by atoms with E-state index in [0.29, 0.717) is 44.8 Å². The Morgan fingerprint density at radius 1 is 1.18 bits per heavy atom. The summed E-state index contributed by atoms with van der Waals surface area (Å²) in [6.45, 7) is 8.45. The molecule has 2 aromatic heterocycles. The summed E-state index contributed by atoms with van der Waals surface area (Å²) in [5, 5.41) is 5.50. The predicted molar refractivity (Wildman–Crippen MR) is 151 cm³/mol. The number of carbonyl (C=O) groups is 2. The Morgan fingerprint density at radius 2 is 1.92 bits per heavy atom. The van der Waals surface area contributed by atoms with Crippen LogP contribution in [0.5, 0.6) is 11.5 Å². The minimum Gasteiger partial charge on any atom is -0.497 e. The first-order valence-corrected chi connectivity index (χ1v) is 14.3. The molecule has 6 rings (SSSR count). The van der Waals surface area contributed by atoms with Gasteiger partial charge in [-0.15, -0.1) is 11.3 Å². The molecule has 2 fully saturated rings. The number of methoxy groups -OCH3 is 2. The van der Waals surface area contributed by atoms with Gasteiger partial charge < -0.3 is 19.3 Å². The maximum absolute atomic E-state index is 13.9. The lowest BCUT2D eigenvalue weighted by Gasteiger charge is -2.44. The number of amides is 3. The molecule has 1 atom stereocenters. The van der Waals surface area contributed by atoms with E-state index >= 15 is 0 Å². The maximum Gasteiger partial charge on any atom is 0.325 e. The van der Waals surface area contributed by atoms with Crippen LogP contribution in [0.25, 0.3) is 10.2 Å². The molecule has 2 saturated heterocycles. The average molecular weight is 550 g/mol. The molecule has 0 N–H and O–H groups in total. The largest absolute Gasteiger partial charge is 0.497 e. The third-order valence-electron chi connectivity index (χ3n) is 8.70. The van der Waals surface area contributed by atoms with Crippen molar-refractivity contribution in [2.45, 2.75) is 51.6 Å². The van der Waals surface area contributed by atoms with Crippen LogP contribution in [0.15, 0.2) is 30.0 Å². The molecule has 1 spiro atoms. The first-order chi connectivity index (χ1) is 18.7. The first kappa shape index (κ1) is 25.7. The van der Waals surface area contributed by atoms with E-state index in [1.165, 1.54) is 11.3 Å². The number of aryl methyl sites for hydroxylation is 2. The quantitative estimate of drug-likeness (QED) is 0.463. The smallest absolute Gasteiger partial charge is 0.325 e. The van der Waals surface area contributed by atoms with E-state index in [2.05, 4.69) is 18.1 Å². The van der Waals surface area contributed by atoms with Crippen molar-refractivity contribution in [3.8, 4) is 11.5 Å². The van der Waals surface area contributed by atoms with Crippen molar-refractivity contribution in [2.75, 3.05) is 33.9 Å². The van der Waals surface area contributed by atoms with Gasteiger partial charge in [0.05, 0.1) is 36.9 Å². The third kappa shape index (κ3) is 3.75. The number of rotatable bonds is 4. The highest BCUT2D eigenvalue weighted by atomic mass is 32.1. The summed E-state index contributed by atoms with van der Waals surface area (Å²) in [4.78, 5) is 35.1. The zero-order valence-corrected chi connectivity index (χ0v) is 24.2. The van der Waals surface area contributed by atoms with Gasteiger partial charge in [-0.1, -0.05) is 13.0 Å². The van der Waals surface area contributed by atoms with Crippen LogP contribution in [0, 0.1) is 6.92 Å². The highest BCUT2D eigenvalue weighted by Crippen LogP contribution is 2.49. The summed E-state index contributed by atoms with van der Waals surface area (Å²) >= 11 is 1.50. The lowest BCUT2D eigenvalue weighted by Crippen LogP contribution is -2.54. The molecule has 0 unspecified atom stereocenters. The molecule has 206 valence electrons. The summed E-state index contributed by atoms with van der Waals surface area (Å²) in [5.41, 5.74) is 3.68. The molecule has 9 nitrogen and oxygen atoms in total. The van der Waals surface area contributed by atoms with Gasteiger partial charge in [0, 0.05) is 55.3 Å². The summed E-state index contributed by atoms with van der Waals surface area (Å²) in [5.74, 6) is 1.60. The minimum absolute atomic E-state index is 0.0258. The number of fused-ring (bicyclic) bond motifs is 4. The Balaban J connectivity index is 1.31. The molecule has 3 amide bonds. The van der Waals surface area contributed by atoms with E-state index in [1.807, 2.05) is 58.5 Å². The minimum atomic E-state index is -0.434. The van der Waals surface area contributed by atoms with Gasteiger partial charge in [0.15, 0.2) is 0 Å². The number of thiophene rings is 1. The number of piperidine rings is 1. The van der Waals surface area contributed by atoms with E-state index in [9.17, 15) is 9.59 Å². The molecule has 3 aromatic rings. The second-order valence-electron chi connectivity index (χ2n) is 10.7. The lowest BCUT2D eigenvalue weighted by molar-refractivity contribution is 0.0580. The van der Waals surface area contributed by atoms with Crippen LogP contribution >= 0.6 is 11.3 Å². The lowest BCUT2D eigenvalue weighted by atomic mass is 9.82. The number of likely N-dealkylation sites (tertiary alicyclic amines) is 1. The van der Waals surface area contributed by atoms with E-state index in [0.717, 1.165) is 43.4 Å². The molecule has 10 heteroatoms. The molecule has 0 bridgehead atoms. The van der Waals surface area contributed by atoms with Crippen LogP contribution in [0.1, 0.15) is 59.1 Å². The number of hydrogen-bond donors (Lipinski definition) is 0. The van der Waals surface area contributed by atoms with Crippen LogP contribution in [-0.2, 0) is 13.6 Å². The van der Waals surface area contributed by atoms with Gasteiger partial charge in [0.2, 0.25) is 0 Å². The van der Waals surface area contributed by atoms with Gasteiger partial charge in [-0.2, -0.15) is 5.10 Å². The van der Waals surface area contributed by atoms with Crippen molar-refractivity contribution < 1.29 is 19.1 Å². The average Bonchev–Trinajstić information content (AvgIpc) is 3.51. The van der Waals surface area contributed by atoms with Gasteiger partial charge >= 0.3 is 6.03 Å². The van der Waals surface area contributed by atoms with Gasteiger partial charge in [0.25, 0.3) is 5.91 Å². The van der Waals surface area contributed by atoms with Crippen molar-refractivity contribution in [3.63, 3.8) is 0 Å². The van der Waals surface area contributed by atoms with Crippen molar-refractivity contribution in [1.29, 1.82) is 0 Å². The number of hydrogen-bond acceptors (Lipinski definition) is 6. The van der Waals surface area contributed by atoms with Crippen LogP contribution in [0.2, 0.25) is 0 Å². The number of likely N-dealkylation sites (N-methyl/N-ethyl adjacent to an activating group) is 1. The summed E-state index contributed by atoms with van der Waals surface area (Å²) in [6.07, 6.45) is 3.65. The van der Waals surface area contributed by atoms with Crippen LogP contribution in [-0.4, -0.2) is 75.8 Å². The van der Waals surface area contributed by atoms with Crippen molar-refractivity contribution >= 4 is 33.5 Å². The molecule has 5 heterocycles. The first-order valence-electron chi connectivity index (χ1n) is 13.5. The number of urea groups is 1. The fraction of sp³-hybridized carbons (Fsp3) is 0.483. The second-order valence-corrected chi connectivity index (χ2v) is 11.7. The van der Waals surface area contributed by atoms with Gasteiger partial charge in [-0.25, -0.2) is 4.79 Å². The van der Waals surface area contributed by atoms with E-state index in [4.69, 9.17) is 9.47 Å². The third-order valence-corrected chi connectivity index (χ3v) is 9.89. The van der Waals surface area contributed by atoms with Crippen LogP contribution in [0.3, 0.4) is 0 Å². The zero-order chi connectivity index (χ0) is 27.6. The van der Waals surface area contributed by atoms with Gasteiger partial charge in [-0.3, -0.25) is 14.4 Å². The maximum atomic E-state index is 13.9. The number of carbonyl (C=O) groups excluding carboxylic acids is 2. The monoisotopic (exact) mass is 549 g/mol. The Hall–Kier alpha value is -3.53. The molecular formula is C29H35N5O4S. The second kappa shape index (κ2) is 9.29. The van der Waals surface area contributed by atoms with E-state index in [-0.39, 0.29) is 17.9 Å². The fourth-order valence-electron chi connectivity index (χ4n) is 6.81. The highest BCUT2D eigenvalue weighted by molar-refractivity contribution is 7.20. The van der Waals surface area contributed by atoms with Gasteiger partial charge in [0.1, 0.15) is 16.3 Å². The SMILES string of the molecule is CCN1C(=O)N2Cc3cc(OC)cc(OC)c3[C@@H](C)C=C2C12CCN(C(=O)c1cc3c(C)nn(C)c3s1)CC2. The molecule has 1 aromatic carbocycles. The fourth-order valence-corrected chi connectivity index (χ4v) is 7.90. The summed E-state index contributed by atoms with van der Waals surface area (Å²) in [6, 6.07) is 5.93. The van der Waals surface area contributed by atoms with Crippen molar-refractivity contribution in [1.82, 2.24) is 24.5 Å². The summed E-state index contributed by atoms with van der Waals surface area (Å²) in [7, 11) is 5.23. The summed E-state index contributed by atoms with van der Waals surface area (Å²) < 4.78 is 13.1. The standard InChI is InChI=1S/C29H35N5O4S/c1-7-34-28(36)33-16-19-13-20(37-5)14-22(38-6)25(19)17(2)12-24(33)29(34)8-10-32(11-9-29)26(35)23-15-21-18(3)30-31(4)27(21)39-23/h12-15,17H,7-11,16H2,1-6H3/t17-/m0/s1. The Bertz CT molecular complexity index is 1480. The highest BCUT2D eigenvalue weighted by Gasteiger charge is 2.55. The number of allylic oxidation sites excluding steroid dienone is 1. The van der Waals surface area contributed by atoms with E-state index in [1.54, 1.807) is 14.2 Å². The van der Waals surface area contributed by atoms with E-state index < -0.39 is 5.54 Å². The predicted octanol–water partition coefficient (Wildman–Crippen LogP) is 4.89. The molecule has 0 aliphatic carbocycles. The van der Waals surface area contributed by atoms with Crippen LogP contribution < -0.4 is 9.47 Å². The van der Waals surface area contributed by atoms with Gasteiger partial charge in [-0.05, 0) is 44.4 Å². The molecular weight excluding hydrogens is 514 g/mol. The number of aromatic nitrogens is 2. The Labute approximate surface area is 232 Å². The molecule has 0 radical (unpaired) electrons. The van der Waals surface area contributed by atoms with Crippen LogP contribution in [0.4, 0.5) is 4.79 Å². The zero-order valence-electron chi connectivity index (χ0n) is 23.4.